The Kier molecular flexibility index (Phi) is 3.77. The first-order chi connectivity index (χ1) is 14.0. The zero-order valence-electron chi connectivity index (χ0n) is 15.3. The van der Waals surface area contributed by atoms with Crippen LogP contribution in [0.2, 0.25) is 0 Å². The third-order valence-electron chi connectivity index (χ3n) is 6.19. The largest absolute Gasteiger partial charge is 0.316 e. The van der Waals surface area contributed by atoms with Gasteiger partial charge in [-0.15, -0.1) is 4.91 Å². The second kappa shape index (κ2) is 6.24. The molecule has 29 heavy (non-hydrogen) atoms. The van der Waals surface area contributed by atoms with Gasteiger partial charge in [0.2, 0.25) is 11.6 Å². The predicted octanol–water partition coefficient (Wildman–Crippen LogP) is 3.15. The molecule has 1 amide bonds. The summed E-state index contributed by atoms with van der Waals surface area (Å²) in [7, 11) is 0. The van der Waals surface area contributed by atoms with Crippen molar-refractivity contribution in [1.82, 2.24) is 0 Å². The molecule has 0 heterocycles. The topological polar surface area (TPSA) is 97.7 Å². The van der Waals surface area contributed by atoms with E-state index in [9.17, 15) is 24.1 Å². The molecule has 0 spiro atoms. The Bertz CT molecular complexity index is 1190. The van der Waals surface area contributed by atoms with E-state index in [2.05, 4.69) is 17.3 Å². The minimum Gasteiger partial charge on any atom is -0.293 e. The van der Waals surface area contributed by atoms with Crippen molar-refractivity contribution in [2.24, 2.45) is 11.1 Å². The summed E-state index contributed by atoms with van der Waals surface area (Å²) in [6.07, 6.45) is 6.09. The van der Waals surface area contributed by atoms with Gasteiger partial charge >= 0.3 is 5.91 Å². The maximum atomic E-state index is 13.3. The molecule has 0 aliphatic heterocycles. The molecule has 6 heteroatoms. The summed E-state index contributed by atoms with van der Waals surface area (Å²) < 4.78 is 0. The SMILES string of the molecule is O=NC(=O)c1ccc2c(c1)C1Cc3cc4c(cc3C(=O)C1C(=O)C2=O)CC=CC4. The van der Waals surface area contributed by atoms with E-state index in [4.69, 9.17) is 0 Å². The number of benzene rings is 2. The lowest BCUT2D eigenvalue weighted by molar-refractivity contribution is -0.118. The summed E-state index contributed by atoms with van der Waals surface area (Å²) in [6.45, 7) is 0. The first-order valence-electron chi connectivity index (χ1n) is 9.43. The maximum absolute atomic E-state index is 13.3. The molecule has 2 atom stereocenters. The highest BCUT2D eigenvalue weighted by atomic mass is 16.3. The van der Waals surface area contributed by atoms with Gasteiger partial charge in [-0.25, -0.2) is 0 Å². The molecule has 0 saturated carbocycles. The first-order valence-corrected chi connectivity index (χ1v) is 9.43. The number of amides is 1. The van der Waals surface area contributed by atoms with Crippen LogP contribution in [0.3, 0.4) is 0 Å². The van der Waals surface area contributed by atoms with Gasteiger partial charge in [-0.2, -0.15) is 0 Å². The number of Topliss-reactive ketones (excluding diaryl/α,β-unsaturated/α-hetero) is 3. The molecule has 142 valence electrons. The third-order valence-corrected chi connectivity index (χ3v) is 6.19. The number of hydrogen-bond donors (Lipinski definition) is 0. The first kappa shape index (κ1) is 17.6. The van der Waals surface area contributed by atoms with Crippen molar-refractivity contribution < 1.29 is 19.2 Å². The minimum absolute atomic E-state index is 0.0495. The minimum atomic E-state index is -1.09. The monoisotopic (exact) mass is 385 g/mol. The van der Waals surface area contributed by atoms with Crippen molar-refractivity contribution in [3.63, 3.8) is 0 Å². The molecular weight excluding hydrogens is 370 g/mol. The molecule has 3 aliphatic rings. The molecular formula is C23H15NO5. The van der Waals surface area contributed by atoms with Crippen LogP contribution in [-0.2, 0) is 24.1 Å². The Labute approximate surface area is 165 Å². The van der Waals surface area contributed by atoms with E-state index < -0.39 is 29.3 Å². The van der Waals surface area contributed by atoms with Crippen molar-refractivity contribution >= 4 is 23.3 Å². The van der Waals surface area contributed by atoms with Crippen LogP contribution in [0, 0.1) is 10.8 Å². The van der Waals surface area contributed by atoms with Crippen LogP contribution in [0.25, 0.3) is 0 Å². The molecule has 6 nitrogen and oxygen atoms in total. The van der Waals surface area contributed by atoms with Gasteiger partial charge in [-0.1, -0.05) is 18.2 Å². The highest BCUT2D eigenvalue weighted by Gasteiger charge is 2.48. The lowest BCUT2D eigenvalue weighted by Gasteiger charge is -2.36. The van der Waals surface area contributed by atoms with Gasteiger partial charge in [0.1, 0.15) is 0 Å². The molecule has 3 aliphatic carbocycles. The van der Waals surface area contributed by atoms with Crippen molar-refractivity contribution in [1.29, 1.82) is 0 Å². The van der Waals surface area contributed by atoms with Crippen LogP contribution in [0.1, 0.15) is 59.2 Å². The van der Waals surface area contributed by atoms with Gasteiger partial charge in [-0.05, 0) is 65.8 Å². The van der Waals surface area contributed by atoms with Crippen molar-refractivity contribution in [3.8, 4) is 0 Å². The van der Waals surface area contributed by atoms with Crippen LogP contribution < -0.4 is 0 Å². The normalized spacial score (nSPS) is 21.7. The van der Waals surface area contributed by atoms with E-state index in [0.29, 0.717) is 17.5 Å². The van der Waals surface area contributed by atoms with Gasteiger partial charge in [0.15, 0.2) is 5.78 Å². The van der Waals surface area contributed by atoms with Gasteiger partial charge in [0, 0.05) is 27.8 Å². The fraction of sp³-hybridized carbons (Fsp3) is 0.217. The molecule has 0 bridgehead atoms. The second-order valence-corrected chi connectivity index (χ2v) is 7.70. The standard InChI is InChI=1S/C23H15NO5/c25-20-16-8-12-4-2-1-3-11(12)7-14(16)10-18-17-9-13(23(28)24-29)5-6-15(17)21(26)22(27)19(18)20/h1-2,5-9,18-19H,3-4,10H2. The van der Waals surface area contributed by atoms with E-state index >= 15 is 0 Å². The number of carbonyl (C=O) groups is 4. The molecule has 2 aromatic carbocycles. The molecule has 0 N–H and O–H groups in total. The molecule has 2 aromatic rings. The van der Waals surface area contributed by atoms with Gasteiger partial charge in [-0.3, -0.25) is 19.2 Å². The summed E-state index contributed by atoms with van der Waals surface area (Å²) in [4.78, 5) is 61.0. The summed E-state index contributed by atoms with van der Waals surface area (Å²) in [5.74, 6) is -4.35. The zero-order chi connectivity index (χ0) is 20.3. The van der Waals surface area contributed by atoms with Crippen LogP contribution in [0.4, 0.5) is 0 Å². The van der Waals surface area contributed by atoms with Crippen LogP contribution >= 0.6 is 0 Å². The molecule has 2 unspecified atom stereocenters. The van der Waals surface area contributed by atoms with Gasteiger partial charge in [0.05, 0.1) is 5.92 Å². The van der Waals surface area contributed by atoms with E-state index in [1.165, 1.54) is 18.2 Å². The van der Waals surface area contributed by atoms with Crippen LogP contribution in [0.5, 0.6) is 0 Å². The van der Waals surface area contributed by atoms with E-state index in [-0.39, 0.29) is 16.9 Å². The van der Waals surface area contributed by atoms with E-state index in [0.717, 1.165) is 29.5 Å². The lowest BCUT2D eigenvalue weighted by atomic mass is 9.64. The van der Waals surface area contributed by atoms with E-state index in [1.807, 2.05) is 12.1 Å². The number of rotatable bonds is 1. The summed E-state index contributed by atoms with van der Waals surface area (Å²) in [5, 5.41) is 2.43. The van der Waals surface area contributed by atoms with E-state index in [1.54, 1.807) is 0 Å². The molecule has 0 radical (unpaired) electrons. The zero-order valence-corrected chi connectivity index (χ0v) is 15.3. The Morgan fingerprint density at radius 1 is 0.862 bits per heavy atom. The van der Waals surface area contributed by atoms with Gasteiger partial charge < -0.3 is 0 Å². The fourth-order valence-corrected chi connectivity index (χ4v) is 4.77. The number of nitroso groups, excluding NO2 is 1. The lowest BCUT2D eigenvalue weighted by Crippen LogP contribution is -2.43. The highest BCUT2D eigenvalue weighted by molar-refractivity contribution is 6.49. The number of carbonyl (C=O) groups excluding carboxylic acids is 4. The van der Waals surface area contributed by atoms with Crippen molar-refractivity contribution in [2.75, 3.05) is 0 Å². The molecule has 0 aromatic heterocycles. The predicted molar refractivity (Wildman–Crippen MR) is 103 cm³/mol. The number of ketones is 3. The Hall–Kier alpha value is -3.54. The maximum Gasteiger partial charge on any atom is 0.316 e. The molecule has 0 fully saturated rings. The average Bonchev–Trinajstić information content (AvgIpc) is 2.75. The van der Waals surface area contributed by atoms with Crippen LogP contribution in [-0.4, -0.2) is 23.3 Å². The Balaban J connectivity index is 1.68. The number of allylic oxidation sites excluding steroid dienone is 2. The summed E-state index contributed by atoms with van der Waals surface area (Å²) >= 11 is 0. The van der Waals surface area contributed by atoms with Gasteiger partial charge in [0.25, 0.3) is 0 Å². The van der Waals surface area contributed by atoms with Crippen molar-refractivity contribution in [3.05, 3.63) is 86.3 Å². The number of hydrogen-bond acceptors (Lipinski definition) is 5. The number of fused-ring (bicyclic) bond motifs is 5. The third kappa shape index (κ3) is 2.49. The molecule has 5 rings (SSSR count). The number of nitrogens with zero attached hydrogens (tertiary/aromatic N) is 1. The fourth-order valence-electron chi connectivity index (χ4n) is 4.77. The van der Waals surface area contributed by atoms with Crippen LogP contribution in [0.15, 0.2) is 47.7 Å². The smallest absolute Gasteiger partial charge is 0.293 e. The highest BCUT2D eigenvalue weighted by Crippen LogP contribution is 2.44. The summed E-state index contributed by atoms with van der Waals surface area (Å²) in [5.41, 5.74) is 4.29. The second-order valence-electron chi connectivity index (χ2n) is 7.70. The quantitative estimate of drug-likeness (QED) is 0.325. The summed E-state index contributed by atoms with van der Waals surface area (Å²) in [6, 6.07) is 8.00. The Morgan fingerprint density at radius 3 is 2.31 bits per heavy atom. The molecule has 0 saturated heterocycles. The van der Waals surface area contributed by atoms with Crippen molar-refractivity contribution in [2.45, 2.75) is 25.2 Å². The average molecular weight is 385 g/mol. The Morgan fingerprint density at radius 2 is 1.59 bits per heavy atom.